The second-order valence-corrected chi connectivity index (χ2v) is 7.04. The first-order valence-electron chi connectivity index (χ1n) is 8.25. The zero-order valence-corrected chi connectivity index (χ0v) is 15.5. The molecule has 0 spiro atoms. The van der Waals surface area contributed by atoms with Crippen LogP contribution in [0, 0.1) is 13.8 Å². The fraction of sp³-hybridized carbons (Fsp3) is 0.368. The highest BCUT2D eigenvalue weighted by atomic mass is 32.1. The van der Waals surface area contributed by atoms with Gasteiger partial charge in [0.25, 0.3) is 0 Å². The van der Waals surface area contributed by atoms with Crippen molar-refractivity contribution in [3.63, 3.8) is 0 Å². The third-order valence-corrected chi connectivity index (χ3v) is 5.33. The summed E-state index contributed by atoms with van der Waals surface area (Å²) >= 11 is 1.75. The molecule has 0 radical (unpaired) electrons. The monoisotopic (exact) mass is 341 g/mol. The molecule has 24 heavy (non-hydrogen) atoms. The molecule has 0 saturated heterocycles. The van der Waals surface area contributed by atoms with Crippen molar-refractivity contribution in [3.05, 3.63) is 46.1 Å². The van der Waals surface area contributed by atoms with Gasteiger partial charge in [-0.1, -0.05) is 19.1 Å². The summed E-state index contributed by atoms with van der Waals surface area (Å²) in [6.45, 7) is 7.22. The summed E-state index contributed by atoms with van der Waals surface area (Å²) in [7, 11) is 1.70. The summed E-state index contributed by atoms with van der Waals surface area (Å²) in [4.78, 5) is 11.8. The second-order valence-electron chi connectivity index (χ2n) is 5.83. The van der Waals surface area contributed by atoms with Crippen LogP contribution in [0.2, 0.25) is 0 Å². The number of nitrogens with one attached hydrogen (secondary N) is 1. The summed E-state index contributed by atoms with van der Waals surface area (Å²) in [5.74, 6) is 2.75. The van der Waals surface area contributed by atoms with E-state index in [1.165, 1.54) is 21.4 Å². The van der Waals surface area contributed by atoms with Gasteiger partial charge in [-0.25, -0.2) is 9.97 Å². The predicted octanol–water partition coefficient (Wildman–Crippen LogP) is 4.53. The summed E-state index contributed by atoms with van der Waals surface area (Å²) < 4.78 is 5.29. The normalized spacial score (nSPS) is 11.0. The summed E-state index contributed by atoms with van der Waals surface area (Å²) in [6.07, 6.45) is 1.77. The van der Waals surface area contributed by atoms with Gasteiger partial charge in [0.05, 0.1) is 12.5 Å². The van der Waals surface area contributed by atoms with Gasteiger partial charge in [-0.2, -0.15) is 0 Å². The van der Waals surface area contributed by atoms with Crippen molar-refractivity contribution in [3.8, 4) is 5.75 Å². The lowest BCUT2D eigenvalue weighted by Crippen LogP contribution is -2.08. The number of aryl methyl sites for hydroxylation is 3. The van der Waals surface area contributed by atoms with Gasteiger partial charge in [-0.3, -0.25) is 0 Å². The number of benzene rings is 1. The van der Waals surface area contributed by atoms with Crippen LogP contribution < -0.4 is 10.1 Å². The van der Waals surface area contributed by atoms with Crippen LogP contribution in [0.25, 0.3) is 10.2 Å². The number of thiophene rings is 1. The molecule has 0 aliphatic rings. The number of hydrogen-bond acceptors (Lipinski definition) is 5. The Labute approximate surface area is 146 Å². The lowest BCUT2D eigenvalue weighted by atomic mass is 10.1. The number of rotatable bonds is 6. The van der Waals surface area contributed by atoms with Gasteiger partial charge in [0.2, 0.25) is 0 Å². The molecule has 0 atom stereocenters. The molecule has 0 aliphatic heterocycles. The zero-order valence-electron chi connectivity index (χ0n) is 14.6. The molecule has 0 aliphatic carbocycles. The van der Waals surface area contributed by atoms with Crippen molar-refractivity contribution in [1.82, 2.24) is 9.97 Å². The van der Waals surface area contributed by atoms with E-state index in [1.807, 2.05) is 12.1 Å². The van der Waals surface area contributed by atoms with Gasteiger partial charge in [-0.05, 0) is 43.5 Å². The van der Waals surface area contributed by atoms with Crippen molar-refractivity contribution >= 4 is 27.4 Å². The highest BCUT2D eigenvalue weighted by molar-refractivity contribution is 7.18. The molecule has 3 rings (SSSR count). The largest absolute Gasteiger partial charge is 0.497 e. The van der Waals surface area contributed by atoms with E-state index >= 15 is 0 Å². The molecule has 1 N–H and O–H groups in total. The van der Waals surface area contributed by atoms with E-state index in [1.54, 1.807) is 18.4 Å². The lowest BCUT2D eigenvalue weighted by Gasteiger charge is -2.10. The summed E-state index contributed by atoms with van der Waals surface area (Å²) in [5, 5.41) is 4.68. The molecule has 4 nitrogen and oxygen atoms in total. The van der Waals surface area contributed by atoms with E-state index in [-0.39, 0.29) is 0 Å². The molecule has 0 fully saturated rings. The Bertz CT molecular complexity index is 857. The minimum absolute atomic E-state index is 0.830. The first kappa shape index (κ1) is 16.7. The molecule has 126 valence electrons. The van der Waals surface area contributed by atoms with Crippen LogP contribution in [-0.4, -0.2) is 23.6 Å². The van der Waals surface area contributed by atoms with Crippen LogP contribution >= 0.6 is 11.3 Å². The summed E-state index contributed by atoms with van der Waals surface area (Å²) in [5.41, 5.74) is 2.53. The smallest absolute Gasteiger partial charge is 0.138 e. The Morgan fingerprint density at radius 3 is 2.79 bits per heavy atom. The quantitative estimate of drug-likeness (QED) is 0.715. The molecule has 3 aromatic rings. The molecule has 5 heteroatoms. The van der Waals surface area contributed by atoms with Gasteiger partial charge in [-0.15, -0.1) is 11.3 Å². The van der Waals surface area contributed by atoms with Gasteiger partial charge in [0.1, 0.15) is 22.2 Å². The van der Waals surface area contributed by atoms with E-state index < -0.39 is 0 Å². The van der Waals surface area contributed by atoms with E-state index in [4.69, 9.17) is 9.72 Å². The fourth-order valence-corrected chi connectivity index (χ4v) is 3.78. The van der Waals surface area contributed by atoms with Gasteiger partial charge < -0.3 is 10.1 Å². The molecule has 0 unspecified atom stereocenters. The molecular formula is C19H23N3OS. The minimum Gasteiger partial charge on any atom is -0.497 e. The molecule has 2 heterocycles. The van der Waals surface area contributed by atoms with E-state index in [9.17, 15) is 0 Å². The van der Waals surface area contributed by atoms with Crippen LogP contribution in [0.5, 0.6) is 5.75 Å². The first-order chi connectivity index (χ1) is 11.6. The van der Waals surface area contributed by atoms with Crippen molar-refractivity contribution in [2.24, 2.45) is 0 Å². The lowest BCUT2D eigenvalue weighted by molar-refractivity contribution is 0.414. The molecule has 0 amide bonds. The Morgan fingerprint density at radius 1 is 1.21 bits per heavy atom. The number of ether oxygens (including phenoxy) is 1. The number of hydrogen-bond donors (Lipinski definition) is 1. The van der Waals surface area contributed by atoms with Crippen molar-refractivity contribution < 1.29 is 4.74 Å². The summed E-state index contributed by atoms with van der Waals surface area (Å²) in [6, 6.07) is 8.19. The van der Waals surface area contributed by atoms with Crippen molar-refractivity contribution in [2.75, 3.05) is 19.0 Å². The Balaban J connectivity index is 1.81. The average Bonchev–Trinajstić information content (AvgIpc) is 2.89. The SMILES string of the molecule is CCc1nc(NCCc2cccc(OC)c2)c2c(C)c(C)sc2n1. The molecular weight excluding hydrogens is 318 g/mol. The van der Waals surface area contributed by atoms with Gasteiger partial charge in [0, 0.05) is 17.8 Å². The van der Waals surface area contributed by atoms with Gasteiger partial charge in [0.15, 0.2) is 0 Å². The number of nitrogens with zero attached hydrogens (tertiary/aromatic N) is 2. The number of aromatic nitrogens is 2. The Kier molecular flexibility index (Phi) is 5.00. The number of fused-ring (bicyclic) bond motifs is 1. The number of anilines is 1. The van der Waals surface area contributed by atoms with Crippen LogP contribution in [-0.2, 0) is 12.8 Å². The third kappa shape index (κ3) is 3.36. The van der Waals surface area contributed by atoms with Crippen molar-refractivity contribution in [1.29, 1.82) is 0 Å². The van der Waals surface area contributed by atoms with E-state index in [0.29, 0.717) is 0 Å². The minimum atomic E-state index is 0.830. The highest BCUT2D eigenvalue weighted by Crippen LogP contribution is 2.33. The maximum atomic E-state index is 5.29. The average molecular weight is 341 g/mol. The number of methoxy groups -OCH3 is 1. The van der Waals surface area contributed by atoms with Crippen molar-refractivity contribution in [2.45, 2.75) is 33.6 Å². The maximum Gasteiger partial charge on any atom is 0.138 e. The van der Waals surface area contributed by atoms with E-state index in [2.05, 4.69) is 43.2 Å². The van der Waals surface area contributed by atoms with Gasteiger partial charge >= 0.3 is 0 Å². The first-order valence-corrected chi connectivity index (χ1v) is 9.07. The molecule has 1 aromatic carbocycles. The third-order valence-electron chi connectivity index (χ3n) is 4.23. The Morgan fingerprint density at radius 2 is 2.04 bits per heavy atom. The standard InChI is InChI=1S/C19H23N3OS/c1-5-16-21-18(17-12(2)13(3)24-19(17)22-16)20-10-9-14-7-6-8-15(11-14)23-4/h6-8,11H,5,9-10H2,1-4H3,(H,20,21,22). The highest BCUT2D eigenvalue weighted by Gasteiger charge is 2.13. The van der Waals surface area contributed by atoms with E-state index in [0.717, 1.165) is 41.6 Å². The topological polar surface area (TPSA) is 47.0 Å². The molecule has 2 aromatic heterocycles. The predicted molar refractivity (Wildman–Crippen MR) is 101 cm³/mol. The van der Waals surface area contributed by atoms with Crippen LogP contribution in [0.1, 0.15) is 28.8 Å². The molecule has 0 saturated carbocycles. The van der Waals surface area contributed by atoms with Crippen LogP contribution in [0.15, 0.2) is 24.3 Å². The fourth-order valence-electron chi connectivity index (χ4n) is 2.73. The zero-order chi connectivity index (χ0) is 17.1. The molecule has 0 bridgehead atoms. The van der Waals surface area contributed by atoms with Crippen LogP contribution in [0.4, 0.5) is 5.82 Å². The Hall–Kier alpha value is -2.14. The van der Waals surface area contributed by atoms with Crippen LogP contribution in [0.3, 0.4) is 0 Å². The second kappa shape index (κ2) is 7.18. The maximum absolute atomic E-state index is 5.29.